The van der Waals surface area contributed by atoms with Gasteiger partial charge in [-0.05, 0) is 91.6 Å². The molecule has 0 bridgehead atoms. The van der Waals surface area contributed by atoms with E-state index in [2.05, 4.69) is 10.6 Å². The predicted molar refractivity (Wildman–Crippen MR) is 168 cm³/mol. The Morgan fingerprint density at radius 1 is 1.00 bits per heavy atom. The van der Waals surface area contributed by atoms with E-state index in [1.54, 1.807) is 17.0 Å². The Morgan fingerprint density at radius 2 is 1.65 bits per heavy atom. The molecule has 1 heterocycles. The summed E-state index contributed by atoms with van der Waals surface area (Å²) >= 11 is 0. The van der Waals surface area contributed by atoms with E-state index in [1.807, 2.05) is 68.4 Å². The minimum absolute atomic E-state index is 0.175. The molecule has 4 unspecified atom stereocenters. The molecule has 4 rings (SSSR count). The van der Waals surface area contributed by atoms with Crippen LogP contribution in [0.15, 0.2) is 66.7 Å². The molecular weight excluding hydrogens is 542 g/mol. The Hall–Kier alpha value is -3.76. The summed E-state index contributed by atoms with van der Waals surface area (Å²) in [5.41, 5.74) is 17.9. The van der Waals surface area contributed by atoms with Crippen LogP contribution >= 0.6 is 0 Å². The fraction of sp³-hybridized carbons (Fsp3) is 0.412. The Kier molecular flexibility index (Phi) is 11.3. The molecule has 43 heavy (non-hydrogen) atoms. The highest BCUT2D eigenvalue weighted by molar-refractivity contribution is 5.83. The topological polar surface area (TPSA) is 154 Å². The number of nitrogens with two attached hydrogens (primary N) is 2. The highest BCUT2D eigenvalue weighted by atomic mass is 16.3. The number of unbranched alkanes of at least 4 members (excludes halogenated alkanes) is 1. The third kappa shape index (κ3) is 8.42. The SMILES string of the molecule is Cc1cc(O)cc(C)c1CC(N)C(=O)N1Cc2ccccc2CC1C(O)NC(CCCCN)C(=O)NCc1ccccc1. The quantitative estimate of drug-likeness (QED) is 0.133. The first-order valence-corrected chi connectivity index (χ1v) is 15.1. The molecule has 9 heteroatoms. The van der Waals surface area contributed by atoms with Crippen LogP contribution in [0.3, 0.4) is 0 Å². The fourth-order valence-corrected chi connectivity index (χ4v) is 5.89. The summed E-state index contributed by atoms with van der Waals surface area (Å²) in [4.78, 5) is 28.9. The van der Waals surface area contributed by atoms with E-state index in [4.69, 9.17) is 11.5 Å². The van der Waals surface area contributed by atoms with Crippen LogP contribution in [0.5, 0.6) is 5.75 Å². The second-order valence-electron chi connectivity index (χ2n) is 11.5. The van der Waals surface area contributed by atoms with E-state index in [0.717, 1.165) is 39.8 Å². The predicted octanol–water partition coefficient (Wildman–Crippen LogP) is 2.55. The minimum Gasteiger partial charge on any atom is -0.508 e. The van der Waals surface area contributed by atoms with Gasteiger partial charge in [0, 0.05) is 13.1 Å². The molecule has 0 saturated carbocycles. The maximum absolute atomic E-state index is 13.9. The lowest BCUT2D eigenvalue weighted by atomic mass is 9.90. The van der Waals surface area contributed by atoms with Gasteiger partial charge in [-0.1, -0.05) is 61.0 Å². The molecule has 4 atom stereocenters. The van der Waals surface area contributed by atoms with Crippen molar-refractivity contribution < 1.29 is 19.8 Å². The number of rotatable bonds is 13. The number of fused-ring (bicyclic) bond motifs is 1. The summed E-state index contributed by atoms with van der Waals surface area (Å²) in [5.74, 6) is -0.321. The number of nitrogens with one attached hydrogen (secondary N) is 2. The Labute approximate surface area is 254 Å². The van der Waals surface area contributed by atoms with Crippen molar-refractivity contribution in [1.82, 2.24) is 15.5 Å². The average molecular weight is 588 g/mol. The van der Waals surface area contributed by atoms with Crippen LogP contribution in [-0.4, -0.2) is 57.8 Å². The molecule has 1 aliphatic heterocycles. The number of phenolic OH excluding ortho intramolecular Hbond substituents is 1. The summed E-state index contributed by atoms with van der Waals surface area (Å²) < 4.78 is 0. The van der Waals surface area contributed by atoms with Gasteiger partial charge in [-0.25, -0.2) is 0 Å². The molecule has 0 spiro atoms. The zero-order valence-corrected chi connectivity index (χ0v) is 25.1. The third-order valence-electron chi connectivity index (χ3n) is 8.30. The Morgan fingerprint density at radius 3 is 2.33 bits per heavy atom. The number of aliphatic hydroxyl groups is 1. The molecular formula is C34H45N5O4. The molecule has 1 aliphatic rings. The molecule has 8 N–H and O–H groups in total. The number of carbonyl (C=O) groups is 2. The molecule has 0 fully saturated rings. The first-order valence-electron chi connectivity index (χ1n) is 15.1. The average Bonchev–Trinajstić information content (AvgIpc) is 3.00. The summed E-state index contributed by atoms with van der Waals surface area (Å²) in [6.45, 7) is 4.97. The number of hydrogen-bond donors (Lipinski definition) is 6. The molecule has 3 aromatic carbocycles. The summed E-state index contributed by atoms with van der Waals surface area (Å²) in [6.07, 6.45) is 1.51. The second-order valence-corrected chi connectivity index (χ2v) is 11.5. The number of carbonyl (C=O) groups excluding carboxylic acids is 2. The van der Waals surface area contributed by atoms with Crippen molar-refractivity contribution in [2.24, 2.45) is 11.5 Å². The number of benzene rings is 3. The highest BCUT2D eigenvalue weighted by Crippen LogP contribution is 2.27. The lowest BCUT2D eigenvalue weighted by Gasteiger charge is -2.41. The van der Waals surface area contributed by atoms with Crippen molar-refractivity contribution in [3.63, 3.8) is 0 Å². The van der Waals surface area contributed by atoms with Crippen LogP contribution in [0.1, 0.15) is 52.6 Å². The Balaban J connectivity index is 1.53. The fourth-order valence-electron chi connectivity index (χ4n) is 5.89. The van der Waals surface area contributed by atoms with Gasteiger partial charge in [-0.2, -0.15) is 0 Å². The first-order chi connectivity index (χ1) is 20.7. The molecule has 230 valence electrons. The second kappa shape index (κ2) is 15.1. The van der Waals surface area contributed by atoms with Gasteiger partial charge < -0.3 is 31.9 Å². The summed E-state index contributed by atoms with van der Waals surface area (Å²) in [5, 5.41) is 27.7. The molecule has 9 nitrogen and oxygen atoms in total. The number of aliphatic hydroxyl groups excluding tert-OH is 1. The number of phenols is 1. The maximum Gasteiger partial charge on any atom is 0.240 e. The Bertz CT molecular complexity index is 1360. The smallest absolute Gasteiger partial charge is 0.240 e. The van der Waals surface area contributed by atoms with E-state index in [1.165, 1.54) is 0 Å². The first kappa shape index (κ1) is 32.2. The summed E-state index contributed by atoms with van der Waals surface area (Å²) in [6, 6.07) is 18.7. The van der Waals surface area contributed by atoms with Crippen LogP contribution in [0.25, 0.3) is 0 Å². The highest BCUT2D eigenvalue weighted by Gasteiger charge is 2.38. The van der Waals surface area contributed by atoms with Crippen molar-refractivity contribution in [2.75, 3.05) is 6.54 Å². The van der Waals surface area contributed by atoms with E-state index >= 15 is 0 Å². The van der Waals surface area contributed by atoms with Crippen molar-refractivity contribution in [2.45, 2.75) is 83.4 Å². The zero-order valence-electron chi connectivity index (χ0n) is 25.1. The largest absolute Gasteiger partial charge is 0.508 e. The van der Waals surface area contributed by atoms with Gasteiger partial charge in [0.15, 0.2) is 0 Å². The van der Waals surface area contributed by atoms with E-state index < -0.39 is 24.4 Å². The van der Waals surface area contributed by atoms with Crippen LogP contribution in [-0.2, 0) is 35.5 Å². The molecule has 3 aromatic rings. The van der Waals surface area contributed by atoms with E-state index in [-0.39, 0.29) is 17.6 Å². The van der Waals surface area contributed by atoms with E-state index in [9.17, 15) is 19.8 Å². The number of nitrogens with zero attached hydrogens (tertiary/aromatic N) is 1. The van der Waals surface area contributed by atoms with Crippen LogP contribution in [0.4, 0.5) is 0 Å². The van der Waals surface area contributed by atoms with Gasteiger partial charge in [0.25, 0.3) is 0 Å². The van der Waals surface area contributed by atoms with Gasteiger partial charge in [0.05, 0.1) is 18.1 Å². The lowest BCUT2D eigenvalue weighted by molar-refractivity contribution is -0.140. The minimum atomic E-state index is -1.17. The van der Waals surface area contributed by atoms with Crippen molar-refractivity contribution >= 4 is 11.8 Å². The monoisotopic (exact) mass is 587 g/mol. The zero-order chi connectivity index (χ0) is 30.9. The molecule has 2 amide bonds. The van der Waals surface area contributed by atoms with E-state index in [0.29, 0.717) is 45.3 Å². The van der Waals surface area contributed by atoms with Crippen molar-refractivity contribution in [3.8, 4) is 5.75 Å². The number of hydrogen-bond acceptors (Lipinski definition) is 7. The standard InChI is InChI=1S/C34H45N5O4/c1-22-16-27(40)17-23(2)28(22)19-29(36)34(43)39-21-26-13-7-6-12-25(26)18-31(39)33(42)38-30(14-8-9-15-35)32(41)37-20-24-10-4-3-5-11-24/h3-7,10-13,16-17,29-31,33,38,40,42H,8-9,14-15,18-21,35-36H2,1-2H3,(H,37,41). The molecule has 0 aliphatic carbocycles. The summed E-state index contributed by atoms with van der Waals surface area (Å²) in [7, 11) is 0. The van der Waals surface area contributed by atoms with Gasteiger partial charge in [0.2, 0.25) is 11.8 Å². The third-order valence-corrected chi connectivity index (χ3v) is 8.30. The number of aryl methyl sites for hydroxylation is 2. The van der Waals surface area contributed by atoms with Crippen LogP contribution in [0.2, 0.25) is 0 Å². The molecule has 0 aromatic heterocycles. The van der Waals surface area contributed by atoms with Gasteiger partial charge >= 0.3 is 0 Å². The lowest BCUT2D eigenvalue weighted by Crippen LogP contribution is -2.61. The van der Waals surface area contributed by atoms with Gasteiger partial charge in [-0.15, -0.1) is 0 Å². The number of amides is 2. The van der Waals surface area contributed by atoms with Gasteiger partial charge in [-0.3, -0.25) is 14.9 Å². The molecule has 0 saturated heterocycles. The van der Waals surface area contributed by atoms with Crippen LogP contribution < -0.4 is 22.1 Å². The molecule has 0 radical (unpaired) electrons. The van der Waals surface area contributed by atoms with Crippen LogP contribution in [0, 0.1) is 13.8 Å². The van der Waals surface area contributed by atoms with Crippen molar-refractivity contribution in [3.05, 3.63) is 100 Å². The maximum atomic E-state index is 13.9. The normalized spacial score (nSPS) is 16.7. The van der Waals surface area contributed by atoms with Crippen molar-refractivity contribution in [1.29, 1.82) is 0 Å². The van der Waals surface area contributed by atoms with Gasteiger partial charge in [0.1, 0.15) is 12.0 Å². The number of aromatic hydroxyl groups is 1.